The van der Waals surface area contributed by atoms with Crippen LogP contribution in [0.3, 0.4) is 0 Å². The number of nitriles is 1. The minimum atomic E-state index is -0.338. The van der Waals surface area contributed by atoms with Crippen LogP contribution < -0.4 is 9.47 Å². The van der Waals surface area contributed by atoms with Crippen molar-refractivity contribution in [2.45, 2.75) is 13.5 Å². The van der Waals surface area contributed by atoms with E-state index >= 15 is 0 Å². The summed E-state index contributed by atoms with van der Waals surface area (Å²) in [6, 6.07) is 17.1. The van der Waals surface area contributed by atoms with Gasteiger partial charge in [0.1, 0.15) is 12.4 Å². The molecule has 0 bridgehead atoms. The predicted octanol–water partition coefficient (Wildman–Crippen LogP) is 7.94. The average molecular weight is 521 g/mol. The molecule has 0 N–H and O–H groups in total. The Kier molecular flexibility index (Phi) is 7.97. The van der Waals surface area contributed by atoms with Crippen LogP contribution in [-0.4, -0.2) is 6.61 Å². The summed E-state index contributed by atoms with van der Waals surface area (Å²) >= 11 is 15.7. The molecule has 0 unspecified atom stereocenters. The summed E-state index contributed by atoms with van der Waals surface area (Å²) in [6.45, 7) is 2.30. The van der Waals surface area contributed by atoms with Gasteiger partial charge in [0.05, 0.1) is 27.7 Å². The average Bonchev–Trinajstić information content (AvgIpc) is 2.73. The van der Waals surface area contributed by atoms with Gasteiger partial charge in [-0.15, -0.1) is 0 Å². The summed E-state index contributed by atoms with van der Waals surface area (Å²) in [5.74, 6) is 0.582. The minimum Gasteiger partial charge on any atom is -0.490 e. The van der Waals surface area contributed by atoms with Gasteiger partial charge in [0.2, 0.25) is 0 Å². The molecule has 0 aliphatic heterocycles. The number of rotatable bonds is 7. The van der Waals surface area contributed by atoms with E-state index in [4.69, 9.17) is 32.7 Å². The molecule has 31 heavy (non-hydrogen) atoms. The van der Waals surface area contributed by atoms with Gasteiger partial charge in [-0.1, -0.05) is 47.5 Å². The maximum Gasteiger partial charge on any atom is 0.175 e. The lowest BCUT2D eigenvalue weighted by Crippen LogP contribution is -2.02. The summed E-state index contributed by atoms with van der Waals surface area (Å²) in [4.78, 5) is 0. The van der Waals surface area contributed by atoms with Crippen LogP contribution >= 0.6 is 39.1 Å². The predicted molar refractivity (Wildman–Crippen MR) is 126 cm³/mol. The Morgan fingerprint density at radius 1 is 1.13 bits per heavy atom. The van der Waals surface area contributed by atoms with Crippen LogP contribution in [0.2, 0.25) is 10.0 Å². The van der Waals surface area contributed by atoms with Gasteiger partial charge < -0.3 is 9.47 Å². The molecular formula is C24H17BrCl2FNO2. The van der Waals surface area contributed by atoms with Crippen molar-refractivity contribution >= 4 is 50.8 Å². The van der Waals surface area contributed by atoms with Crippen molar-refractivity contribution in [3.05, 3.63) is 91.6 Å². The van der Waals surface area contributed by atoms with Crippen molar-refractivity contribution in [3.8, 4) is 17.6 Å². The molecule has 0 heterocycles. The lowest BCUT2D eigenvalue weighted by molar-refractivity contribution is 0.264. The molecule has 0 radical (unpaired) electrons. The fraction of sp³-hybridized carbons (Fsp3) is 0.125. The molecule has 3 rings (SSSR count). The first-order valence-corrected chi connectivity index (χ1v) is 10.9. The fourth-order valence-corrected chi connectivity index (χ4v) is 3.97. The summed E-state index contributed by atoms with van der Waals surface area (Å²) in [5, 5.41) is 10.5. The normalized spacial score (nSPS) is 11.2. The van der Waals surface area contributed by atoms with E-state index < -0.39 is 0 Å². The Morgan fingerprint density at radius 3 is 2.58 bits per heavy atom. The quantitative estimate of drug-likeness (QED) is 0.234. The molecule has 3 aromatic carbocycles. The number of hydrogen-bond donors (Lipinski definition) is 0. The SMILES string of the molecule is CCOc1cc(/C=C(\C#N)c2ccc(Cl)cc2Cl)cc(Br)c1OCc1ccccc1F. The zero-order valence-electron chi connectivity index (χ0n) is 16.5. The number of allylic oxidation sites excluding steroid dienone is 1. The highest BCUT2D eigenvalue weighted by Crippen LogP contribution is 2.39. The molecule has 3 aromatic rings. The largest absolute Gasteiger partial charge is 0.490 e. The van der Waals surface area contributed by atoms with E-state index in [9.17, 15) is 9.65 Å². The number of nitrogens with zero attached hydrogens (tertiary/aromatic N) is 1. The topological polar surface area (TPSA) is 42.2 Å². The van der Waals surface area contributed by atoms with Gasteiger partial charge in [-0.05, 0) is 64.8 Å². The number of benzene rings is 3. The van der Waals surface area contributed by atoms with Crippen molar-refractivity contribution in [2.24, 2.45) is 0 Å². The molecule has 0 saturated carbocycles. The van der Waals surface area contributed by atoms with E-state index in [0.717, 1.165) is 0 Å². The monoisotopic (exact) mass is 519 g/mol. The third-order valence-corrected chi connectivity index (χ3v) is 5.45. The van der Waals surface area contributed by atoms with Gasteiger partial charge in [0.15, 0.2) is 11.5 Å². The molecule has 0 aliphatic carbocycles. The van der Waals surface area contributed by atoms with Crippen molar-refractivity contribution in [2.75, 3.05) is 6.61 Å². The molecule has 3 nitrogen and oxygen atoms in total. The molecule has 0 saturated heterocycles. The Morgan fingerprint density at radius 2 is 1.90 bits per heavy atom. The van der Waals surface area contributed by atoms with Gasteiger partial charge >= 0.3 is 0 Å². The summed E-state index contributed by atoms with van der Waals surface area (Å²) in [7, 11) is 0. The van der Waals surface area contributed by atoms with Crippen LogP contribution in [0.5, 0.6) is 11.5 Å². The third kappa shape index (κ3) is 5.80. The van der Waals surface area contributed by atoms with E-state index in [1.165, 1.54) is 6.07 Å². The highest BCUT2D eigenvalue weighted by atomic mass is 79.9. The van der Waals surface area contributed by atoms with Crippen LogP contribution in [-0.2, 0) is 6.61 Å². The summed E-state index contributed by atoms with van der Waals surface area (Å²) in [6.07, 6.45) is 1.70. The third-order valence-electron chi connectivity index (χ3n) is 4.31. The van der Waals surface area contributed by atoms with Crippen LogP contribution in [0, 0.1) is 17.1 Å². The van der Waals surface area contributed by atoms with Crippen LogP contribution in [0.15, 0.2) is 59.1 Å². The second-order valence-electron chi connectivity index (χ2n) is 6.44. The second-order valence-corrected chi connectivity index (χ2v) is 8.14. The molecule has 0 spiro atoms. The van der Waals surface area contributed by atoms with Gasteiger partial charge in [0, 0.05) is 16.1 Å². The number of hydrogen-bond acceptors (Lipinski definition) is 3. The van der Waals surface area contributed by atoms with Crippen molar-refractivity contribution in [1.29, 1.82) is 5.26 Å². The summed E-state index contributed by atoms with van der Waals surface area (Å²) in [5.41, 5.74) is 2.08. The van der Waals surface area contributed by atoms with E-state index in [1.807, 2.05) is 6.92 Å². The second kappa shape index (κ2) is 10.7. The Bertz CT molecular complexity index is 1170. The molecule has 0 fully saturated rings. The van der Waals surface area contributed by atoms with E-state index in [0.29, 0.717) is 54.9 Å². The first-order chi connectivity index (χ1) is 14.9. The highest BCUT2D eigenvalue weighted by molar-refractivity contribution is 9.10. The highest BCUT2D eigenvalue weighted by Gasteiger charge is 2.14. The molecule has 7 heteroatoms. The first kappa shape index (κ1) is 23.1. The number of ether oxygens (including phenoxy) is 2. The molecule has 158 valence electrons. The van der Waals surface area contributed by atoms with E-state index in [2.05, 4.69) is 22.0 Å². The standard InChI is InChI=1S/C24H17BrCl2FNO2/c1-2-30-23-11-15(9-17(13-29)19-8-7-18(26)12-21(19)27)10-20(25)24(23)31-14-16-5-3-4-6-22(16)28/h3-12H,2,14H2,1H3/b17-9+. The van der Waals surface area contributed by atoms with Crippen LogP contribution in [0.1, 0.15) is 23.6 Å². The molecule has 0 aromatic heterocycles. The Balaban J connectivity index is 1.96. The number of halogens is 4. The maximum atomic E-state index is 13.9. The lowest BCUT2D eigenvalue weighted by Gasteiger charge is -2.15. The molecule has 0 aliphatic rings. The zero-order chi connectivity index (χ0) is 22.4. The molecule has 0 amide bonds. The van der Waals surface area contributed by atoms with Crippen molar-refractivity contribution < 1.29 is 13.9 Å². The van der Waals surface area contributed by atoms with E-state index in [1.54, 1.807) is 54.6 Å². The van der Waals surface area contributed by atoms with Gasteiger partial charge in [-0.3, -0.25) is 0 Å². The first-order valence-electron chi connectivity index (χ1n) is 9.32. The van der Waals surface area contributed by atoms with Gasteiger partial charge in [-0.2, -0.15) is 5.26 Å². The fourth-order valence-electron chi connectivity index (χ4n) is 2.88. The Labute approximate surface area is 198 Å². The summed E-state index contributed by atoms with van der Waals surface area (Å²) < 4.78 is 26.1. The maximum absolute atomic E-state index is 13.9. The van der Waals surface area contributed by atoms with Gasteiger partial charge in [-0.25, -0.2) is 4.39 Å². The van der Waals surface area contributed by atoms with Crippen molar-refractivity contribution in [1.82, 2.24) is 0 Å². The van der Waals surface area contributed by atoms with Crippen LogP contribution in [0.4, 0.5) is 4.39 Å². The van der Waals surface area contributed by atoms with Crippen molar-refractivity contribution in [3.63, 3.8) is 0 Å². The van der Waals surface area contributed by atoms with Gasteiger partial charge in [0.25, 0.3) is 0 Å². The minimum absolute atomic E-state index is 0.0460. The molecular weight excluding hydrogens is 504 g/mol. The lowest BCUT2D eigenvalue weighted by atomic mass is 10.0. The zero-order valence-corrected chi connectivity index (χ0v) is 19.6. The Hall–Kier alpha value is -2.52. The molecule has 0 atom stereocenters. The van der Waals surface area contributed by atoms with E-state index in [-0.39, 0.29) is 12.4 Å². The van der Waals surface area contributed by atoms with Crippen LogP contribution in [0.25, 0.3) is 11.6 Å². The smallest absolute Gasteiger partial charge is 0.175 e.